The fourth-order valence-electron chi connectivity index (χ4n) is 3.00. The third kappa shape index (κ3) is 2.69. The summed E-state index contributed by atoms with van der Waals surface area (Å²) in [4.78, 5) is 12.5. The molecule has 0 saturated carbocycles. The quantitative estimate of drug-likeness (QED) is 0.610. The van der Waals surface area contributed by atoms with Crippen LogP contribution in [0.4, 0.5) is 0 Å². The number of carbonyl (C=O) groups is 1. The number of carbonyl (C=O) groups excluding carboxylic acids is 1. The van der Waals surface area contributed by atoms with E-state index >= 15 is 0 Å². The second-order valence-electron chi connectivity index (χ2n) is 6.05. The van der Waals surface area contributed by atoms with Gasteiger partial charge in [0.15, 0.2) is 5.78 Å². The highest BCUT2D eigenvalue weighted by molar-refractivity contribution is 6.26. The smallest absolute Gasteiger partial charge is 0.163 e. The van der Waals surface area contributed by atoms with E-state index in [1.54, 1.807) is 6.07 Å². The first kappa shape index (κ1) is 14.6. The van der Waals surface area contributed by atoms with Crippen molar-refractivity contribution in [3.8, 4) is 5.75 Å². The van der Waals surface area contributed by atoms with Crippen LogP contribution in [0.15, 0.2) is 42.5 Å². The van der Waals surface area contributed by atoms with Gasteiger partial charge in [0.1, 0.15) is 5.75 Å². The van der Waals surface area contributed by atoms with Crippen LogP contribution >= 0.6 is 0 Å². The predicted octanol–water partition coefficient (Wildman–Crippen LogP) is 4.71. The zero-order chi connectivity index (χ0) is 15.7. The van der Waals surface area contributed by atoms with Gasteiger partial charge in [-0.2, -0.15) is 0 Å². The average molecular weight is 292 g/mol. The van der Waals surface area contributed by atoms with Crippen molar-refractivity contribution >= 4 is 17.4 Å². The topological polar surface area (TPSA) is 37.3 Å². The Bertz CT molecular complexity index is 756. The highest BCUT2D eigenvalue weighted by Crippen LogP contribution is 2.35. The van der Waals surface area contributed by atoms with Crippen LogP contribution in [0.1, 0.15) is 47.9 Å². The minimum atomic E-state index is 0.178. The van der Waals surface area contributed by atoms with Gasteiger partial charge in [0.25, 0.3) is 0 Å². The lowest BCUT2D eigenvalue weighted by molar-refractivity contribution is -0.113. The summed E-state index contributed by atoms with van der Waals surface area (Å²) >= 11 is 0. The van der Waals surface area contributed by atoms with E-state index in [2.05, 4.69) is 13.0 Å². The summed E-state index contributed by atoms with van der Waals surface area (Å²) in [6.07, 6.45) is 3.35. The number of rotatable bonds is 1. The van der Waals surface area contributed by atoms with Gasteiger partial charge in [-0.15, -0.1) is 0 Å². The van der Waals surface area contributed by atoms with Crippen molar-refractivity contribution in [2.24, 2.45) is 0 Å². The van der Waals surface area contributed by atoms with E-state index in [0.29, 0.717) is 12.3 Å². The molecule has 1 N–H and O–H groups in total. The van der Waals surface area contributed by atoms with Gasteiger partial charge in [-0.1, -0.05) is 43.3 Å². The molecule has 0 spiro atoms. The summed E-state index contributed by atoms with van der Waals surface area (Å²) in [6.45, 7) is 4.03. The number of aryl methyl sites for hydroxylation is 1. The molecule has 1 atom stereocenters. The molecule has 0 amide bonds. The molecule has 0 saturated heterocycles. The van der Waals surface area contributed by atoms with E-state index in [1.165, 1.54) is 5.56 Å². The van der Waals surface area contributed by atoms with Crippen LogP contribution in [-0.4, -0.2) is 10.9 Å². The Morgan fingerprint density at radius 2 is 1.95 bits per heavy atom. The Kier molecular flexibility index (Phi) is 3.84. The number of fused-ring (bicyclic) bond motifs is 1. The van der Waals surface area contributed by atoms with Crippen LogP contribution in [0.2, 0.25) is 0 Å². The summed E-state index contributed by atoms with van der Waals surface area (Å²) in [7, 11) is 0. The zero-order valence-electron chi connectivity index (χ0n) is 13.0. The summed E-state index contributed by atoms with van der Waals surface area (Å²) in [5.41, 5.74) is 4.70. The maximum Gasteiger partial charge on any atom is 0.163 e. The highest BCUT2D eigenvalue weighted by Gasteiger charge is 2.23. The molecule has 2 nitrogen and oxygen atoms in total. The molecule has 0 bridgehead atoms. The molecule has 2 heteroatoms. The molecule has 0 radical (unpaired) electrons. The SMILES string of the molecule is Cc1ccc(/C=C2\C(=O)CCC(C)c3ccccc32)cc1O. The van der Waals surface area contributed by atoms with Gasteiger partial charge in [0.05, 0.1) is 0 Å². The third-order valence-corrected chi connectivity index (χ3v) is 4.43. The number of Topliss-reactive ketones (excluding diaryl/α,β-unsaturated/α-hetero) is 1. The molecule has 1 aliphatic rings. The number of hydrogen-bond donors (Lipinski definition) is 1. The van der Waals surface area contributed by atoms with Gasteiger partial charge in [0, 0.05) is 12.0 Å². The molecular weight excluding hydrogens is 272 g/mol. The Hall–Kier alpha value is -2.35. The van der Waals surface area contributed by atoms with Crippen LogP contribution in [0, 0.1) is 6.92 Å². The molecule has 1 aliphatic carbocycles. The van der Waals surface area contributed by atoms with Gasteiger partial charge in [-0.25, -0.2) is 0 Å². The van der Waals surface area contributed by atoms with Crippen molar-refractivity contribution in [2.75, 3.05) is 0 Å². The summed E-state index contributed by atoms with van der Waals surface area (Å²) in [5, 5.41) is 9.87. The number of benzene rings is 2. The Labute approximate surface area is 131 Å². The number of aromatic hydroxyl groups is 1. The molecule has 2 aromatic rings. The van der Waals surface area contributed by atoms with Crippen molar-refractivity contribution < 1.29 is 9.90 Å². The lowest BCUT2D eigenvalue weighted by Crippen LogP contribution is -1.99. The minimum Gasteiger partial charge on any atom is -0.508 e. The van der Waals surface area contributed by atoms with E-state index in [0.717, 1.165) is 28.7 Å². The maximum absolute atomic E-state index is 12.5. The van der Waals surface area contributed by atoms with Gasteiger partial charge >= 0.3 is 0 Å². The molecular formula is C20H20O2. The molecule has 22 heavy (non-hydrogen) atoms. The first-order valence-corrected chi connectivity index (χ1v) is 7.70. The lowest BCUT2D eigenvalue weighted by atomic mass is 9.92. The molecule has 3 rings (SSSR count). The largest absolute Gasteiger partial charge is 0.508 e. The van der Waals surface area contributed by atoms with Gasteiger partial charge in [0.2, 0.25) is 0 Å². The number of phenols is 1. The molecule has 1 unspecified atom stereocenters. The van der Waals surface area contributed by atoms with Gasteiger partial charge in [-0.05, 0) is 53.7 Å². The summed E-state index contributed by atoms with van der Waals surface area (Å²) in [5.74, 6) is 0.825. The Morgan fingerprint density at radius 3 is 2.73 bits per heavy atom. The molecule has 0 aliphatic heterocycles. The lowest BCUT2D eigenvalue weighted by Gasteiger charge is -2.12. The summed E-state index contributed by atoms with van der Waals surface area (Å²) < 4.78 is 0. The van der Waals surface area contributed by atoms with Crippen molar-refractivity contribution in [1.29, 1.82) is 0 Å². The van der Waals surface area contributed by atoms with E-state index < -0.39 is 0 Å². The van der Waals surface area contributed by atoms with Crippen molar-refractivity contribution in [3.63, 3.8) is 0 Å². The Balaban J connectivity index is 2.14. The predicted molar refractivity (Wildman–Crippen MR) is 89.8 cm³/mol. The van der Waals surface area contributed by atoms with Gasteiger partial charge < -0.3 is 5.11 Å². The first-order valence-electron chi connectivity index (χ1n) is 7.70. The fraction of sp³-hybridized carbons (Fsp3) is 0.250. The molecule has 112 valence electrons. The minimum absolute atomic E-state index is 0.178. The van der Waals surface area contributed by atoms with E-state index in [-0.39, 0.29) is 11.5 Å². The first-order chi connectivity index (χ1) is 10.6. The fourth-order valence-corrected chi connectivity index (χ4v) is 3.00. The van der Waals surface area contributed by atoms with Crippen LogP contribution in [0.3, 0.4) is 0 Å². The van der Waals surface area contributed by atoms with Crippen molar-refractivity contribution in [3.05, 3.63) is 64.7 Å². The maximum atomic E-state index is 12.5. The second kappa shape index (κ2) is 5.80. The number of allylic oxidation sites excluding steroid dienone is 1. The monoisotopic (exact) mass is 292 g/mol. The van der Waals surface area contributed by atoms with E-state index in [9.17, 15) is 9.90 Å². The molecule has 2 aromatic carbocycles. The number of ketones is 1. The second-order valence-corrected chi connectivity index (χ2v) is 6.05. The van der Waals surface area contributed by atoms with Crippen molar-refractivity contribution in [1.82, 2.24) is 0 Å². The Morgan fingerprint density at radius 1 is 1.18 bits per heavy atom. The zero-order valence-corrected chi connectivity index (χ0v) is 13.0. The average Bonchev–Trinajstić information content (AvgIpc) is 2.63. The van der Waals surface area contributed by atoms with E-state index in [1.807, 2.05) is 43.3 Å². The van der Waals surface area contributed by atoms with Crippen LogP contribution in [0.25, 0.3) is 11.6 Å². The standard InChI is InChI=1S/C20H20O2/c1-13-8-10-19(21)18(17-6-4-3-5-16(13)17)11-15-9-7-14(2)20(22)12-15/h3-7,9,11-13,22H,8,10H2,1-2H3/b18-11-. The van der Waals surface area contributed by atoms with Crippen LogP contribution in [-0.2, 0) is 4.79 Å². The van der Waals surface area contributed by atoms with Gasteiger partial charge in [-0.3, -0.25) is 4.79 Å². The molecule has 0 fully saturated rings. The molecule has 0 heterocycles. The number of phenolic OH excluding ortho intramolecular Hbond substituents is 1. The normalized spacial score (nSPS) is 19.8. The summed E-state index contributed by atoms with van der Waals surface area (Å²) in [6, 6.07) is 13.7. The number of hydrogen-bond acceptors (Lipinski definition) is 2. The van der Waals surface area contributed by atoms with Crippen LogP contribution in [0.5, 0.6) is 5.75 Å². The highest BCUT2D eigenvalue weighted by atomic mass is 16.3. The van der Waals surface area contributed by atoms with Crippen LogP contribution < -0.4 is 0 Å². The van der Waals surface area contributed by atoms with Crippen molar-refractivity contribution in [2.45, 2.75) is 32.6 Å². The van der Waals surface area contributed by atoms with E-state index in [4.69, 9.17) is 0 Å². The third-order valence-electron chi connectivity index (χ3n) is 4.43. The molecule has 0 aromatic heterocycles.